The summed E-state index contributed by atoms with van der Waals surface area (Å²) in [6.07, 6.45) is 1.22. The number of carbonyl (C=O) groups excluding carboxylic acids is 1. The molecule has 7 heteroatoms. The van der Waals surface area contributed by atoms with Crippen molar-refractivity contribution in [2.24, 2.45) is 0 Å². The predicted molar refractivity (Wildman–Crippen MR) is 79.8 cm³/mol. The second-order valence-corrected chi connectivity index (χ2v) is 4.84. The zero-order chi connectivity index (χ0) is 16.1. The number of nitro groups is 1. The molecule has 1 amide bonds. The maximum absolute atomic E-state index is 12.1. The van der Waals surface area contributed by atoms with Gasteiger partial charge in [-0.05, 0) is 25.3 Å². The Morgan fingerprint density at radius 1 is 1.36 bits per heavy atom. The summed E-state index contributed by atoms with van der Waals surface area (Å²) in [7, 11) is 0. The quantitative estimate of drug-likeness (QED) is 0.652. The Bertz CT molecular complexity index is 677. The molecule has 7 nitrogen and oxygen atoms in total. The van der Waals surface area contributed by atoms with Gasteiger partial charge in [0.15, 0.2) is 0 Å². The van der Waals surface area contributed by atoms with Gasteiger partial charge in [0, 0.05) is 18.7 Å². The van der Waals surface area contributed by atoms with Gasteiger partial charge in [-0.15, -0.1) is 0 Å². The third-order valence-electron chi connectivity index (χ3n) is 3.34. The van der Waals surface area contributed by atoms with Gasteiger partial charge in [0.2, 0.25) is 0 Å². The number of hydrogen-bond donors (Lipinski definition) is 1. The first-order chi connectivity index (χ1) is 10.5. The Morgan fingerprint density at radius 3 is 2.64 bits per heavy atom. The van der Waals surface area contributed by atoms with Crippen LogP contribution < -0.4 is 5.32 Å². The van der Waals surface area contributed by atoms with Gasteiger partial charge in [-0.25, -0.2) is 0 Å². The van der Waals surface area contributed by atoms with Crippen LogP contribution in [0.3, 0.4) is 0 Å². The molecule has 0 radical (unpaired) electrons. The van der Waals surface area contributed by atoms with Crippen LogP contribution in [0.15, 0.2) is 28.8 Å². The van der Waals surface area contributed by atoms with Crippen LogP contribution in [0.4, 0.5) is 5.69 Å². The monoisotopic (exact) mass is 303 g/mol. The fourth-order valence-corrected chi connectivity index (χ4v) is 2.14. The zero-order valence-corrected chi connectivity index (χ0v) is 12.5. The number of nitrogens with zero attached hydrogens (tertiary/aromatic N) is 2. The third kappa shape index (κ3) is 3.49. The van der Waals surface area contributed by atoms with E-state index >= 15 is 0 Å². The Morgan fingerprint density at radius 2 is 2.05 bits per heavy atom. The molecule has 1 aromatic carbocycles. The van der Waals surface area contributed by atoms with Crippen LogP contribution in [0.25, 0.3) is 0 Å². The molecule has 1 aromatic heterocycles. The van der Waals surface area contributed by atoms with Crippen molar-refractivity contribution in [3.05, 3.63) is 57.0 Å². The van der Waals surface area contributed by atoms with Crippen molar-refractivity contribution in [2.45, 2.75) is 26.7 Å². The highest BCUT2D eigenvalue weighted by Crippen LogP contribution is 2.14. The summed E-state index contributed by atoms with van der Waals surface area (Å²) >= 11 is 0. The maximum Gasteiger partial charge on any atom is 0.269 e. The Labute approximate surface area is 127 Å². The summed E-state index contributed by atoms with van der Waals surface area (Å²) < 4.78 is 5.03. The number of rotatable bonds is 6. The SMILES string of the molecule is CCc1noc(C)c1C(=O)NCCc1ccc([N+](=O)[O-])cc1. The van der Waals surface area contributed by atoms with Gasteiger partial charge >= 0.3 is 0 Å². The first kappa shape index (κ1) is 15.7. The molecule has 2 rings (SSSR count). The lowest BCUT2D eigenvalue weighted by molar-refractivity contribution is -0.384. The molecule has 1 heterocycles. The number of non-ortho nitro benzene ring substituents is 1. The molecule has 0 spiro atoms. The van der Waals surface area contributed by atoms with E-state index in [1.807, 2.05) is 6.92 Å². The minimum atomic E-state index is -0.438. The molecule has 2 aromatic rings. The zero-order valence-electron chi connectivity index (χ0n) is 12.5. The topological polar surface area (TPSA) is 98.3 Å². The van der Waals surface area contributed by atoms with Gasteiger partial charge in [-0.1, -0.05) is 24.2 Å². The molecule has 0 aliphatic carbocycles. The lowest BCUT2D eigenvalue weighted by Gasteiger charge is -2.05. The highest BCUT2D eigenvalue weighted by Gasteiger charge is 2.18. The number of amides is 1. The molecule has 0 atom stereocenters. The number of hydrogen-bond acceptors (Lipinski definition) is 5. The Balaban J connectivity index is 1.92. The minimum Gasteiger partial charge on any atom is -0.361 e. The maximum atomic E-state index is 12.1. The highest BCUT2D eigenvalue weighted by atomic mass is 16.6. The van der Waals surface area contributed by atoms with E-state index in [0.29, 0.717) is 36.4 Å². The molecular weight excluding hydrogens is 286 g/mol. The van der Waals surface area contributed by atoms with Gasteiger partial charge in [-0.3, -0.25) is 14.9 Å². The molecule has 0 saturated carbocycles. The predicted octanol–water partition coefficient (Wildman–Crippen LogP) is 2.43. The van der Waals surface area contributed by atoms with Gasteiger partial charge in [0.1, 0.15) is 11.3 Å². The van der Waals surface area contributed by atoms with Crippen molar-refractivity contribution in [2.75, 3.05) is 6.54 Å². The van der Waals surface area contributed by atoms with E-state index in [2.05, 4.69) is 10.5 Å². The van der Waals surface area contributed by atoms with Crippen molar-refractivity contribution in [3.63, 3.8) is 0 Å². The molecule has 22 heavy (non-hydrogen) atoms. The van der Waals surface area contributed by atoms with Crippen molar-refractivity contribution in [1.82, 2.24) is 10.5 Å². The van der Waals surface area contributed by atoms with Crippen molar-refractivity contribution in [1.29, 1.82) is 0 Å². The fraction of sp³-hybridized carbons (Fsp3) is 0.333. The Hall–Kier alpha value is -2.70. The molecule has 116 valence electrons. The molecule has 0 saturated heterocycles. The number of aromatic nitrogens is 1. The Kier molecular flexibility index (Phi) is 4.88. The first-order valence-corrected chi connectivity index (χ1v) is 6.99. The lowest BCUT2D eigenvalue weighted by atomic mass is 10.1. The van der Waals surface area contributed by atoms with Crippen LogP contribution in [-0.2, 0) is 12.8 Å². The largest absolute Gasteiger partial charge is 0.361 e. The van der Waals surface area contributed by atoms with E-state index in [0.717, 1.165) is 5.56 Å². The molecule has 0 unspecified atom stereocenters. The standard InChI is InChI=1S/C15H17N3O4/c1-3-13-14(10(2)22-17-13)15(19)16-9-8-11-4-6-12(7-5-11)18(20)21/h4-7H,3,8-9H2,1-2H3,(H,16,19). The van der Waals surface area contributed by atoms with Crippen LogP contribution in [0.5, 0.6) is 0 Å². The van der Waals surface area contributed by atoms with Gasteiger partial charge in [-0.2, -0.15) is 0 Å². The van der Waals surface area contributed by atoms with Crippen LogP contribution in [-0.4, -0.2) is 22.5 Å². The number of benzene rings is 1. The van der Waals surface area contributed by atoms with E-state index in [4.69, 9.17) is 4.52 Å². The van der Waals surface area contributed by atoms with Crippen LogP contribution in [0.2, 0.25) is 0 Å². The number of nitrogens with one attached hydrogen (secondary N) is 1. The van der Waals surface area contributed by atoms with E-state index in [-0.39, 0.29) is 11.6 Å². The van der Waals surface area contributed by atoms with Crippen LogP contribution in [0, 0.1) is 17.0 Å². The van der Waals surface area contributed by atoms with Gasteiger partial charge in [0.05, 0.1) is 10.6 Å². The summed E-state index contributed by atoms with van der Waals surface area (Å²) in [5, 5.41) is 17.2. The third-order valence-corrected chi connectivity index (χ3v) is 3.34. The molecular formula is C15H17N3O4. The summed E-state index contributed by atoms with van der Waals surface area (Å²) in [6, 6.07) is 6.28. The van der Waals surface area contributed by atoms with E-state index in [1.54, 1.807) is 19.1 Å². The van der Waals surface area contributed by atoms with Crippen LogP contribution in [0.1, 0.15) is 34.3 Å². The number of aryl methyl sites for hydroxylation is 2. The smallest absolute Gasteiger partial charge is 0.269 e. The summed E-state index contributed by atoms with van der Waals surface area (Å²) in [6.45, 7) is 4.05. The first-order valence-electron chi connectivity index (χ1n) is 6.99. The highest BCUT2D eigenvalue weighted by molar-refractivity contribution is 5.96. The van der Waals surface area contributed by atoms with Crippen molar-refractivity contribution < 1.29 is 14.2 Å². The number of nitro benzene ring substituents is 1. The van der Waals surface area contributed by atoms with Gasteiger partial charge in [0.25, 0.3) is 11.6 Å². The average Bonchev–Trinajstić information content (AvgIpc) is 2.88. The normalized spacial score (nSPS) is 10.5. The fourth-order valence-electron chi connectivity index (χ4n) is 2.14. The molecule has 0 fully saturated rings. The summed E-state index contributed by atoms with van der Waals surface area (Å²) in [4.78, 5) is 22.3. The molecule has 0 bridgehead atoms. The molecule has 0 aliphatic rings. The van der Waals surface area contributed by atoms with E-state index in [1.165, 1.54) is 12.1 Å². The summed E-state index contributed by atoms with van der Waals surface area (Å²) in [5.74, 6) is 0.294. The van der Waals surface area contributed by atoms with E-state index < -0.39 is 4.92 Å². The van der Waals surface area contributed by atoms with Crippen molar-refractivity contribution >= 4 is 11.6 Å². The average molecular weight is 303 g/mol. The summed E-state index contributed by atoms with van der Waals surface area (Å²) in [5.41, 5.74) is 2.11. The van der Waals surface area contributed by atoms with Crippen molar-refractivity contribution in [3.8, 4) is 0 Å². The molecule has 1 N–H and O–H groups in total. The minimum absolute atomic E-state index is 0.0560. The second kappa shape index (κ2) is 6.84. The number of carbonyl (C=O) groups is 1. The van der Waals surface area contributed by atoms with Gasteiger partial charge < -0.3 is 9.84 Å². The van der Waals surface area contributed by atoms with Crippen LogP contribution >= 0.6 is 0 Å². The lowest BCUT2D eigenvalue weighted by Crippen LogP contribution is -2.26. The van der Waals surface area contributed by atoms with E-state index in [9.17, 15) is 14.9 Å². The second-order valence-electron chi connectivity index (χ2n) is 4.84. The molecule has 0 aliphatic heterocycles.